The van der Waals surface area contributed by atoms with Crippen LogP contribution in [-0.2, 0) is 11.2 Å². The number of ether oxygens (including phenoxy) is 1. The van der Waals surface area contributed by atoms with Gasteiger partial charge in [-0.1, -0.05) is 12.1 Å². The van der Waals surface area contributed by atoms with E-state index in [1.165, 1.54) is 0 Å². The fourth-order valence-electron chi connectivity index (χ4n) is 3.22. The van der Waals surface area contributed by atoms with Gasteiger partial charge in [-0.25, -0.2) is 8.78 Å². The Balaban J connectivity index is 1.81. The molecule has 9 heteroatoms. The number of aliphatic hydroxyl groups is 1. The molecule has 166 valence electrons. The van der Waals surface area contributed by atoms with Crippen LogP contribution in [0, 0.1) is 6.92 Å². The highest BCUT2D eigenvalue weighted by Crippen LogP contribution is 2.27. The van der Waals surface area contributed by atoms with Crippen LogP contribution in [0.3, 0.4) is 0 Å². The number of benzene rings is 1. The highest BCUT2D eigenvalue weighted by Gasteiger charge is 2.22. The quantitative estimate of drug-likeness (QED) is 0.543. The minimum atomic E-state index is -2.89. The van der Waals surface area contributed by atoms with Crippen molar-refractivity contribution in [3.05, 3.63) is 53.5 Å². The van der Waals surface area contributed by atoms with Gasteiger partial charge in [0, 0.05) is 31.2 Å². The number of carbonyl (C=O) groups excluding carboxylic acids is 1. The van der Waals surface area contributed by atoms with Crippen molar-refractivity contribution < 1.29 is 23.4 Å². The van der Waals surface area contributed by atoms with Gasteiger partial charge in [-0.3, -0.25) is 14.5 Å². The van der Waals surface area contributed by atoms with Crippen LogP contribution in [0.2, 0.25) is 0 Å². The largest absolute Gasteiger partial charge is 0.487 e. The Kier molecular flexibility index (Phi) is 6.84. The Morgan fingerprint density at radius 3 is 2.81 bits per heavy atom. The van der Waals surface area contributed by atoms with Gasteiger partial charge in [0.25, 0.3) is 5.92 Å². The number of hydrogen-bond acceptors (Lipinski definition) is 5. The van der Waals surface area contributed by atoms with Crippen LogP contribution in [0.5, 0.6) is 5.75 Å². The minimum absolute atomic E-state index is 0.0879. The Morgan fingerprint density at radius 1 is 1.35 bits per heavy atom. The van der Waals surface area contributed by atoms with E-state index in [4.69, 9.17) is 9.84 Å². The lowest BCUT2D eigenvalue weighted by atomic mass is 10.1. The van der Waals surface area contributed by atoms with Gasteiger partial charge in [0.2, 0.25) is 5.91 Å². The van der Waals surface area contributed by atoms with Gasteiger partial charge in [-0.05, 0) is 37.1 Å². The van der Waals surface area contributed by atoms with E-state index in [0.29, 0.717) is 17.0 Å². The summed E-state index contributed by atoms with van der Waals surface area (Å²) < 4.78 is 33.2. The molecule has 1 aromatic carbocycles. The van der Waals surface area contributed by atoms with Gasteiger partial charge < -0.3 is 15.2 Å². The van der Waals surface area contributed by atoms with Crippen molar-refractivity contribution in [2.24, 2.45) is 0 Å². The first-order valence-electron chi connectivity index (χ1n) is 9.99. The molecule has 0 aliphatic carbocycles. The molecule has 2 N–H and O–H groups in total. The molecule has 0 radical (unpaired) electrons. The summed E-state index contributed by atoms with van der Waals surface area (Å²) in [5.41, 5.74) is 3.02. The van der Waals surface area contributed by atoms with E-state index in [2.05, 4.69) is 15.4 Å². The van der Waals surface area contributed by atoms with E-state index in [-0.39, 0.29) is 31.5 Å². The van der Waals surface area contributed by atoms with Gasteiger partial charge in [0.15, 0.2) is 6.61 Å². The number of aromatic nitrogens is 3. The molecular weight excluding hydrogens is 406 g/mol. The van der Waals surface area contributed by atoms with Crippen LogP contribution in [-0.4, -0.2) is 51.5 Å². The number of pyridine rings is 1. The molecule has 31 heavy (non-hydrogen) atoms. The number of nitrogens with zero attached hydrogens (tertiary/aromatic N) is 3. The Morgan fingerprint density at radius 2 is 2.13 bits per heavy atom. The Labute approximate surface area is 179 Å². The van der Waals surface area contributed by atoms with E-state index >= 15 is 0 Å². The first-order chi connectivity index (χ1) is 14.7. The van der Waals surface area contributed by atoms with Crippen molar-refractivity contribution in [3.8, 4) is 5.75 Å². The summed E-state index contributed by atoms with van der Waals surface area (Å²) in [5.74, 6) is -2.70. The van der Waals surface area contributed by atoms with Crippen molar-refractivity contribution in [2.75, 3.05) is 19.8 Å². The number of fused-ring (bicyclic) bond motifs is 1. The summed E-state index contributed by atoms with van der Waals surface area (Å²) in [7, 11) is 0. The zero-order valence-electron chi connectivity index (χ0n) is 17.7. The predicted octanol–water partition coefficient (Wildman–Crippen LogP) is 3.03. The van der Waals surface area contributed by atoms with Gasteiger partial charge in [-0.2, -0.15) is 5.10 Å². The molecule has 2 aromatic heterocycles. The molecule has 3 rings (SSSR count). The molecular formula is C22H26F2N4O3. The number of halogens is 2. The van der Waals surface area contributed by atoms with E-state index in [1.54, 1.807) is 23.0 Å². The van der Waals surface area contributed by atoms with E-state index in [0.717, 1.165) is 23.4 Å². The van der Waals surface area contributed by atoms with E-state index in [1.807, 2.05) is 32.2 Å². The molecule has 0 saturated carbocycles. The van der Waals surface area contributed by atoms with Gasteiger partial charge >= 0.3 is 0 Å². The molecule has 0 bridgehead atoms. The lowest BCUT2D eigenvalue weighted by Crippen LogP contribution is -2.28. The number of amides is 1. The first-order valence-corrected chi connectivity index (χ1v) is 9.99. The highest BCUT2D eigenvalue weighted by molar-refractivity contribution is 5.86. The summed E-state index contributed by atoms with van der Waals surface area (Å²) in [6, 6.07) is 7.05. The number of aryl methyl sites for hydroxylation is 1. The molecule has 7 nitrogen and oxygen atoms in total. The molecule has 3 aromatic rings. The van der Waals surface area contributed by atoms with Gasteiger partial charge in [0.1, 0.15) is 5.75 Å². The van der Waals surface area contributed by atoms with Gasteiger partial charge in [0.05, 0.1) is 30.3 Å². The first kappa shape index (κ1) is 22.6. The molecule has 1 atom stereocenters. The van der Waals surface area contributed by atoms with Crippen LogP contribution >= 0.6 is 0 Å². The summed E-state index contributed by atoms with van der Waals surface area (Å²) >= 11 is 0. The lowest BCUT2D eigenvalue weighted by molar-refractivity contribution is -0.120. The topological polar surface area (TPSA) is 89.3 Å². The maximum atomic E-state index is 13.1. The van der Waals surface area contributed by atoms with Crippen molar-refractivity contribution in [1.82, 2.24) is 20.1 Å². The molecule has 1 amide bonds. The molecule has 1 unspecified atom stereocenters. The van der Waals surface area contributed by atoms with Gasteiger partial charge in [-0.15, -0.1) is 0 Å². The fourth-order valence-corrected chi connectivity index (χ4v) is 3.22. The lowest BCUT2D eigenvalue weighted by Gasteiger charge is -2.17. The van der Waals surface area contributed by atoms with Crippen LogP contribution in [0.4, 0.5) is 8.78 Å². The van der Waals surface area contributed by atoms with Crippen LogP contribution in [0.25, 0.3) is 10.9 Å². The summed E-state index contributed by atoms with van der Waals surface area (Å²) in [5, 5.41) is 16.8. The fraction of sp³-hybridized carbons (Fsp3) is 0.409. The number of nitrogens with one attached hydrogen (secondary N) is 1. The van der Waals surface area contributed by atoms with Crippen LogP contribution in [0.1, 0.15) is 36.7 Å². The second kappa shape index (κ2) is 9.38. The van der Waals surface area contributed by atoms with Crippen LogP contribution < -0.4 is 10.1 Å². The zero-order chi connectivity index (χ0) is 22.6. The molecule has 0 aliphatic rings. The van der Waals surface area contributed by atoms with Crippen LogP contribution in [0.15, 0.2) is 36.7 Å². The number of alkyl halides is 2. The predicted molar refractivity (Wildman–Crippen MR) is 112 cm³/mol. The molecule has 0 fully saturated rings. The number of carbonyl (C=O) groups is 1. The van der Waals surface area contributed by atoms with Crippen molar-refractivity contribution in [2.45, 2.75) is 39.2 Å². The Bertz CT molecular complexity index is 1060. The zero-order valence-corrected chi connectivity index (χ0v) is 17.7. The summed E-state index contributed by atoms with van der Waals surface area (Å²) in [6.45, 7) is 4.01. The van der Waals surface area contributed by atoms with Crippen molar-refractivity contribution >= 4 is 16.8 Å². The number of rotatable bonds is 9. The third-order valence-corrected chi connectivity index (χ3v) is 4.86. The highest BCUT2D eigenvalue weighted by atomic mass is 19.3. The molecule has 0 aliphatic heterocycles. The molecule has 0 spiro atoms. The maximum absolute atomic E-state index is 13.1. The number of hydrogen-bond donors (Lipinski definition) is 2. The SMILES string of the molecule is Cc1cc(C(C)n2cc3c(CC(=O)NCCO)nccc3n2)ccc1OCC(C)(F)F. The van der Waals surface area contributed by atoms with E-state index < -0.39 is 12.5 Å². The minimum Gasteiger partial charge on any atom is -0.487 e. The number of aliphatic hydroxyl groups excluding tert-OH is 1. The maximum Gasteiger partial charge on any atom is 0.278 e. The van der Waals surface area contributed by atoms with Crippen molar-refractivity contribution in [3.63, 3.8) is 0 Å². The second-order valence-corrected chi connectivity index (χ2v) is 7.61. The second-order valence-electron chi connectivity index (χ2n) is 7.61. The standard InChI is InChI=1S/C22H26F2N4O3/c1-14-10-16(4-5-20(14)31-13-22(3,23)24)15(2)28-12-17-18(27-28)6-7-25-19(17)11-21(30)26-8-9-29/h4-7,10,12,15,29H,8-9,11,13H2,1-3H3,(H,26,30). The Hall–Kier alpha value is -3.07. The normalized spacial score (nSPS) is 12.7. The van der Waals surface area contributed by atoms with E-state index in [9.17, 15) is 13.6 Å². The smallest absolute Gasteiger partial charge is 0.278 e. The summed E-state index contributed by atoms with van der Waals surface area (Å²) in [6.07, 6.45) is 3.54. The average molecular weight is 432 g/mol. The summed E-state index contributed by atoms with van der Waals surface area (Å²) in [4.78, 5) is 16.3. The third-order valence-electron chi connectivity index (χ3n) is 4.86. The van der Waals surface area contributed by atoms with Crippen molar-refractivity contribution in [1.29, 1.82) is 0 Å². The monoisotopic (exact) mass is 432 g/mol. The average Bonchev–Trinajstić information content (AvgIpc) is 3.15. The molecule has 0 saturated heterocycles. The third kappa shape index (κ3) is 5.75. The molecule has 2 heterocycles.